The lowest BCUT2D eigenvalue weighted by molar-refractivity contribution is -0.154. The fraction of sp³-hybridized carbons (Fsp3) is 0.857. The predicted molar refractivity (Wildman–Crippen MR) is 81.6 cm³/mol. The van der Waals surface area contributed by atoms with Crippen molar-refractivity contribution < 1.29 is 19.4 Å². The quantitative estimate of drug-likeness (QED) is 0.714. The van der Waals surface area contributed by atoms with Gasteiger partial charge in [0.1, 0.15) is 0 Å². The Morgan fingerprint density at radius 1 is 1.33 bits per heavy atom. The Morgan fingerprint density at radius 2 is 2.05 bits per heavy atom. The molecule has 1 saturated heterocycles. The highest BCUT2D eigenvalue weighted by atomic mass is 32.2. The molecule has 1 saturated carbocycles. The standard InChI is InChI=1S/C14H24N2O4S/c1-21-11-3-2-10(8-11)16-13(19)15-9-14(12(17)18)4-6-20-7-5-14/h10-11H,2-9H2,1H3,(H,17,18)(H2,15,16,19). The summed E-state index contributed by atoms with van der Waals surface area (Å²) in [6, 6.07) is -0.0493. The van der Waals surface area contributed by atoms with Crippen molar-refractivity contribution in [2.45, 2.75) is 43.4 Å². The molecule has 0 aromatic rings. The Hall–Kier alpha value is -0.950. The van der Waals surface area contributed by atoms with Crippen LogP contribution in [0.2, 0.25) is 0 Å². The number of nitrogens with one attached hydrogen (secondary N) is 2. The topological polar surface area (TPSA) is 87.7 Å². The van der Waals surface area contributed by atoms with Crippen LogP contribution in [0.5, 0.6) is 0 Å². The second kappa shape index (κ2) is 7.35. The van der Waals surface area contributed by atoms with Gasteiger partial charge in [-0.15, -0.1) is 0 Å². The van der Waals surface area contributed by atoms with E-state index in [4.69, 9.17) is 4.74 Å². The fourth-order valence-corrected chi connectivity index (χ4v) is 3.80. The highest BCUT2D eigenvalue weighted by molar-refractivity contribution is 7.99. The number of aliphatic carboxylic acids is 1. The van der Waals surface area contributed by atoms with Crippen molar-refractivity contribution in [2.75, 3.05) is 26.0 Å². The van der Waals surface area contributed by atoms with E-state index in [0.717, 1.165) is 19.3 Å². The number of carbonyl (C=O) groups is 2. The summed E-state index contributed by atoms with van der Waals surface area (Å²) in [7, 11) is 0. The van der Waals surface area contributed by atoms with Gasteiger partial charge in [0.05, 0.1) is 5.41 Å². The van der Waals surface area contributed by atoms with Gasteiger partial charge in [0, 0.05) is 31.1 Å². The van der Waals surface area contributed by atoms with E-state index in [1.807, 2.05) is 11.8 Å². The Morgan fingerprint density at radius 3 is 2.62 bits per heavy atom. The van der Waals surface area contributed by atoms with Gasteiger partial charge in [0.15, 0.2) is 0 Å². The van der Waals surface area contributed by atoms with Gasteiger partial charge in [-0.2, -0.15) is 11.8 Å². The van der Waals surface area contributed by atoms with Crippen molar-refractivity contribution in [2.24, 2.45) is 5.41 Å². The molecular weight excluding hydrogens is 292 g/mol. The van der Waals surface area contributed by atoms with Gasteiger partial charge < -0.3 is 20.5 Å². The average molecular weight is 316 g/mol. The molecule has 1 aliphatic heterocycles. The highest BCUT2D eigenvalue weighted by Gasteiger charge is 2.40. The fourth-order valence-electron chi connectivity index (χ4n) is 3.00. The first-order chi connectivity index (χ1) is 10.1. The minimum absolute atomic E-state index is 0.163. The molecule has 2 fully saturated rings. The van der Waals surface area contributed by atoms with Crippen molar-refractivity contribution in [1.29, 1.82) is 0 Å². The summed E-state index contributed by atoms with van der Waals surface area (Å²) in [5.41, 5.74) is -0.882. The van der Waals surface area contributed by atoms with Crippen LogP contribution in [0.1, 0.15) is 32.1 Å². The van der Waals surface area contributed by atoms with Crippen LogP contribution in [0.15, 0.2) is 0 Å². The molecule has 1 aliphatic carbocycles. The average Bonchev–Trinajstić information content (AvgIpc) is 2.93. The molecule has 2 rings (SSSR count). The number of carboxylic acid groups (broad SMARTS) is 1. The van der Waals surface area contributed by atoms with Gasteiger partial charge in [-0.05, 0) is 38.4 Å². The van der Waals surface area contributed by atoms with E-state index in [1.54, 1.807) is 0 Å². The normalized spacial score (nSPS) is 28.0. The summed E-state index contributed by atoms with van der Waals surface area (Å²) in [6.45, 7) is 1.04. The van der Waals surface area contributed by atoms with E-state index >= 15 is 0 Å². The molecule has 1 heterocycles. The molecule has 0 bridgehead atoms. The smallest absolute Gasteiger partial charge is 0.315 e. The van der Waals surface area contributed by atoms with Crippen LogP contribution in [-0.2, 0) is 9.53 Å². The third-order valence-corrected chi connectivity index (χ3v) is 5.64. The van der Waals surface area contributed by atoms with Gasteiger partial charge in [-0.1, -0.05) is 0 Å². The van der Waals surface area contributed by atoms with E-state index in [1.165, 1.54) is 0 Å². The third kappa shape index (κ3) is 4.26. The number of amides is 2. The van der Waals surface area contributed by atoms with Crippen LogP contribution < -0.4 is 10.6 Å². The monoisotopic (exact) mass is 316 g/mol. The summed E-state index contributed by atoms with van der Waals surface area (Å²) in [5, 5.41) is 15.7. The maximum atomic E-state index is 11.9. The molecule has 7 heteroatoms. The molecule has 2 amide bonds. The molecule has 0 aromatic heterocycles. The predicted octanol–water partition coefficient (Wildman–Crippen LogP) is 1.45. The van der Waals surface area contributed by atoms with Crippen LogP contribution in [0.4, 0.5) is 4.79 Å². The number of ether oxygens (including phenoxy) is 1. The zero-order valence-electron chi connectivity index (χ0n) is 12.4. The zero-order chi connectivity index (χ0) is 15.3. The maximum absolute atomic E-state index is 11.9. The van der Waals surface area contributed by atoms with Crippen molar-refractivity contribution >= 4 is 23.8 Å². The van der Waals surface area contributed by atoms with E-state index in [0.29, 0.717) is 31.3 Å². The van der Waals surface area contributed by atoms with Crippen LogP contribution in [0.25, 0.3) is 0 Å². The molecule has 0 radical (unpaired) electrons. The SMILES string of the molecule is CSC1CCC(NC(=O)NCC2(C(=O)O)CCOCC2)C1. The largest absolute Gasteiger partial charge is 0.481 e. The third-order valence-electron chi connectivity index (χ3n) is 4.54. The number of hydrogen-bond acceptors (Lipinski definition) is 4. The van der Waals surface area contributed by atoms with Crippen LogP contribution in [0, 0.1) is 5.41 Å². The zero-order valence-corrected chi connectivity index (χ0v) is 13.2. The Kier molecular flexibility index (Phi) is 5.75. The number of carbonyl (C=O) groups excluding carboxylic acids is 1. The molecule has 120 valence electrons. The highest BCUT2D eigenvalue weighted by Crippen LogP contribution is 2.30. The van der Waals surface area contributed by atoms with Gasteiger partial charge in [0.25, 0.3) is 0 Å². The van der Waals surface area contributed by atoms with Crippen molar-refractivity contribution in [3.63, 3.8) is 0 Å². The first-order valence-electron chi connectivity index (χ1n) is 7.44. The molecule has 2 aliphatic rings. The van der Waals surface area contributed by atoms with Crippen molar-refractivity contribution in [1.82, 2.24) is 10.6 Å². The van der Waals surface area contributed by atoms with Crippen LogP contribution >= 0.6 is 11.8 Å². The molecule has 6 nitrogen and oxygen atoms in total. The second-order valence-corrected chi connectivity index (χ2v) is 7.03. The first kappa shape index (κ1) is 16.4. The molecule has 0 aromatic carbocycles. The number of rotatable bonds is 5. The summed E-state index contributed by atoms with van der Waals surface area (Å²) >= 11 is 1.84. The Bertz CT molecular complexity index is 385. The number of urea groups is 1. The van der Waals surface area contributed by atoms with Gasteiger partial charge in [0.2, 0.25) is 0 Å². The van der Waals surface area contributed by atoms with Gasteiger partial charge in [-0.3, -0.25) is 4.79 Å². The lowest BCUT2D eigenvalue weighted by Crippen LogP contribution is -2.50. The van der Waals surface area contributed by atoms with Crippen LogP contribution in [-0.4, -0.2) is 54.4 Å². The summed E-state index contributed by atoms with van der Waals surface area (Å²) in [4.78, 5) is 23.4. The molecule has 21 heavy (non-hydrogen) atoms. The summed E-state index contributed by atoms with van der Waals surface area (Å²) < 4.78 is 5.22. The molecule has 2 unspecified atom stereocenters. The van der Waals surface area contributed by atoms with Crippen LogP contribution in [0.3, 0.4) is 0 Å². The minimum Gasteiger partial charge on any atom is -0.481 e. The summed E-state index contributed by atoms with van der Waals surface area (Å²) in [6.07, 6.45) is 6.10. The van der Waals surface area contributed by atoms with Crippen molar-refractivity contribution in [3.05, 3.63) is 0 Å². The van der Waals surface area contributed by atoms with E-state index in [2.05, 4.69) is 16.9 Å². The minimum atomic E-state index is -0.882. The molecule has 0 spiro atoms. The van der Waals surface area contributed by atoms with Crippen molar-refractivity contribution in [3.8, 4) is 0 Å². The molecular formula is C14H24N2O4S. The number of carboxylic acids is 1. The van der Waals surface area contributed by atoms with E-state index in [-0.39, 0.29) is 18.6 Å². The lowest BCUT2D eigenvalue weighted by atomic mass is 9.80. The van der Waals surface area contributed by atoms with Gasteiger partial charge in [-0.25, -0.2) is 4.79 Å². The molecule has 2 atom stereocenters. The lowest BCUT2D eigenvalue weighted by Gasteiger charge is -2.33. The first-order valence-corrected chi connectivity index (χ1v) is 8.73. The maximum Gasteiger partial charge on any atom is 0.315 e. The number of hydrogen-bond donors (Lipinski definition) is 3. The second-order valence-electron chi connectivity index (χ2n) is 5.89. The Balaban J connectivity index is 1.78. The van der Waals surface area contributed by atoms with E-state index in [9.17, 15) is 14.7 Å². The Labute approximate surface area is 129 Å². The summed E-state index contributed by atoms with van der Waals surface area (Å²) in [5.74, 6) is -0.852. The molecule has 3 N–H and O–H groups in total. The van der Waals surface area contributed by atoms with E-state index < -0.39 is 11.4 Å². The van der Waals surface area contributed by atoms with Gasteiger partial charge >= 0.3 is 12.0 Å². The number of thioether (sulfide) groups is 1.